The molecule has 0 aromatic rings. The van der Waals surface area contributed by atoms with Crippen LogP contribution in [0.3, 0.4) is 0 Å². The largest absolute Gasteiger partial charge is 1.00 e. The Balaban J connectivity index is 0.00000121. The molecule has 0 saturated carbocycles. The molecule has 1 aliphatic rings. The van der Waals surface area contributed by atoms with Crippen LogP contribution >= 0.6 is 0 Å². The van der Waals surface area contributed by atoms with E-state index in [1.165, 1.54) is 0 Å². The smallest absolute Gasteiger partial charge is 0.447 e. The fourth-order valence-electron chi connectivity index (χ4n) is 1.25. The van der Waals surface area contributed by atoms with Crippen molar-refractivity contribution in [3.8, 4) is 0 Å². The maximum Gasteiger partial charge on any atom is 1.00 e. The number of rotatable bonds is 1. The Morgan fingerprint density at radius 2 is 1.92 bits per heavy atom. The SMILES string of the molecule is CC1=NC(C(C)C)C(C)=N[CH-]1.[Li+]. The zero-order valence-corrected chi connectivity index (χ0v) is 8.63. The van der Waals surface area contributed by atoms with E-state index in [4.69, 9.17) is 0 Å². The monoisotopic (exact) mass is 158 g/mol. The first-order valence-electron chi connectivity index (χ1n) is 4.03. The van der Waals surface area contributed by atoms with Crippen molar-refractivity contribution in [2.24, 2.45) is 15.9 Å². The van der Waals surface area contributed by atoms with E-state index in [2.05, 4.69) is 23.8 Å². The van der Waals surface area contributed by atoms with Crippen LogP contribution in [0.25, 0.3) is 0 Å². The Hall–Kier alpha value is -0.193. The second-order valence-corrected chi connectivity index (χ2v) is 3.36. The summed E-state index contributed by atoms with van der Waals surface area (Å²) in [6, 6.07) is 0.306. The third kappa shape index (κ3) is 2.69. The van der Waals surface area contributed by atoms with E-state index in [1.54, 1.807) is 0 Å². The molecule has 0 N–H and O–H groups in total. The fourth-order valence-corrected chi connectivity index (χ4v) is 1.25. The van der Waals surface area contributed by atoms with Gasteiger partial charge in [0.2, 0.25) is 0 Å². The van der Waals surface area contributed by atoms with Gasteiger partial charge in [-0.1, -0.05) is 20.8 Å². The Morgan fingerprint density at radius 3 is 2.33 bits per heavy atom. The van der Waals surface area contributed by atoms with Crippen molar-refractivity contribution < 1.29 is 18.9 Å². The molecule has 12 heavy (non-hydrogen) atoms. The summed E-state index contributed by atoms with van der Waals surface area (Å²) in [5.74, 6) is 0.558. The first-order valence-corrected chi connectivity index (χ1v) is 4.03. The van der Waals surface area contributed by atoms with Gasteiger partial charge >= 0.3 is 18.9 Å². The number of hydrogen-bond donors (Lipinski definition) is 0. The van der Waals surface area contributed by atoms with E-state index in [-0.39, 0.29) is 18.9 Å². The molecular formula is C9H15LiN2. The second-order valence-electron chi connectivity index (χ2n) is 3.36. The molecule has 0 saturated heterocycles. The van der Waals surface area contributed by atoms with Gasteiger partial charge in [0.25, 0.3) is 0 Å². The van der Waals surface area contributed by atoms with Gasteiger partial charge in [-0.3, -0.25) is 0 Å². The van der Waals surface area contributed by atoms with Gasteiger partial charge in [0.05, 0.1) is 0 Å². The van der Waals surface area contributed by atoms with E-state index in [9.17, 15) is 0 Å². The van der Waals surface area contributed by atoms with Gasteiger partial charge in [-0.05, 0) is 18.6 Å². The van der Waals surface area contributed by atoms with Gasteiger partial charge in [0.15, 0.2) is 0 Å². The molecule has 0 amide bonds. The van der Waals surface area contributed by atoms with Crippen LogP contribution in [0.1, 0.15) is 27.7 Å². The predicted molar refractivity (Wildman–Crippen MR) is 49.1 cm³/mol. The molecule has 1 heterocycles. The zero-order valence-electron chi connectivity index (χ0n) is 8.63. The third-order valence-corrected chi connectivity index (χ3v) is 1.86. The normalized spacial score (nSPS) is 22.2. The van der Waals surface area contributed by atoms with Crippen LogP contribution in [0.4, 0.5) is 0 Å². The summed E-state index contributed by atoms with van der Waals surface area (Å²) in [7, 11) is 0. The maximum absolute atomic E-state index is 4.49. The maximum atomic E-state index is 4.49. The number of aliphatic imine (C=N–C) groups is 2. The first kappa shape index (κ1) is 11.8. The summed E-state index contributed by atoms with van der Waals surface area (Å²) < 4.78 is 0. The van der Waals surface area contributed by atoms with Crippen LogP contribution in [0.15, 0.2) is 9.98 Å². The van der Waals surface area contributed by atoms with Gasteiger partial charge in [-0.15, -0.1) is 12.3 Å². The summed E-state index contributed by atoms with van der Waals surface area (Å²) in [5.41, 5.74) is 2.17. The molecule has 1 atom stereocenters. The molecular weight excluding hydrogens is 143 g/mol. The minimum absolute atomic E-state index is 0. The molecule has 62 valence electrons. The first-order chi connectivity index (χ1) is 5.11. The molecule has 1 aliphatic heterocycles. The minimum atomic E-state index is 0. The second kappa shape index (κ2) is 4.74. The summed E-state index contributed by atoms with van der Waals surface area (Å²) >= 11 is 0. The Kier molecular flexibility index (Phi) is 4.66. The number of nitrogens with zero attached hydrogens (tertiary/aromatic N) is 2. The summed E-state index contributed by atoms with van der Waals surface area (Å²) in [6.07, 6.45) is 0. The summed E-state index contributed by atoms with van der Waals surface area (Å²) in [6.45, 7) is 10.2. The van der Waals surface area contributed by atoms with Crippen molar-refractivity contribution in [1.82, 2.24) is 0 Å². The molecule has 0 spiro atoms. The van der Waals surface area contributed by atoms with Crippen LogP contribution < -0.4 is 18.9 Å². The standard InChI is InChI=1S/C9H15N2.Li/c1-6(2)9-8(4)10-5-7(3)11-9;/h5-6,9H,1-4H3;/q-1;+1. The topological polar surface area (TPSA) is 24.7 Å². The summed E-state index contributed by atoms with van der Waals surface area (Å²) in [5, 5.41) is 0. The Labute approximate surface area is 86.7 Å². The van der Waals surface area contributed by atoms with Crippen LogP contribution in [0.2, 0.25) is 0 Å². The summed E-state index contributed by atoms with van der Waals surface area (Å²) in [4.78, 5) is 8.77. The molecule has 3 heteroatoms. The molecule has 0 bridgehead atoms. The van der Waals surface area contributed by atoms with Gasteiger partial charge < -0.3 is 9.98 Å². The van der Waals surface area contributed by atoms with E-state index in [0.717, 1.165) is 11.4 Å². The van der Waals surface area contributed by atoms with Crippen molar-refractivity contribution >= 4 is 11.4 Å². The van der Waals surface area contributed by atoms with Crippen molar-refractivity contribution in [3.63, 3.8) is 0 Å². The minimum Gasteiger partial charge on any atom is -0.447 e. The van der Waals surface area contributed by atoms with Crippen molar-refractivity contribution in [1.29, 1.82) is 0 Å². The molecule has 0 radical (unpaired) electrons. The van der Waals surface area contributed by atoms with E-state index in [0.29, 0.717) is 12.0 Å². The average Bonchev–Trinajstić information content (AvgIpc) is 1.94. The molecule has 0 aromatic heterocycles. The molecule has 0 aliphatic carbocycles. The Bertz CT molecular complexity index is 207. The van der Waals surface area contributed by atoms with E-state index >= 15 is 0 Å². The molecule has 1 unspecified atom stereocenters. The van der Waals surface area contributed by atoms with Crippen molar-refractivity contribution in [2.45, 2.75) is 33.7 Å². The molecule has 0 fully saturated rings. The van der Waals surface area contributed by atoms with E-state index in [1.807, 2.05) is 20.4 Å². The van der Waals surface area contributed by atoms with Crippen LogP contribution in [0.5, 0.6) is 0 Å². The molecule has 1 rings (SSSR count). The van der Waals surface area contributed by atoms with Crippen LogP contribution in [-0.4, -0.2) is 17.5 Å². The molecule has 2 nitrogen and oxygen atoms in total. The van der Waals surface area contributed by atoms with Crippen molar-refractivity contribution in [3.05, 3.63) is 6.54 Å². The van der Waals surface area contributed by atoms with Crippen molar-refractivity contribution in [2.75, 3.05) is 0 Å². The predicted octanol–water partition coefficient (Wildman–Crippen LogP) is -0.888. The zero-order chi connectivity index (χ0) is 8.43. The van der Waals surface area contributed by atoms with Gasteiger partial charge in [-0.25, -0.2) is 0 Å². The Morgan fingerprint density at radius 1 is 1.33 bits per heavy atom. The van der Waals surface area contributed by atoms with Crippen LogP contribution in [0, 0.1) is 12.5 Å². The van der Waals surface area contributed by atoms with Gasteiger partial charge in [-0.2, -0.15) is 0 Å². The number of hydrogen-bond acceptors (Lipinski definition) is 2. The average molecular weight is 158 g/mol. The van der Waals surface area contributed by atoms with Gasteiger partial charge in [0.1, 0.15) is 0 Å². The van der Waals surface area contributed by atoms with Crippen LogP contribution in [-0.2, 0) is 0 Å². The quantitative estimate of drug-likeness (QED) is 0.349. The molecule has 0 aromatic carbocycles. The van der Waals surface area contributed by atoms with Gasteiger partial charge in [0, 0.05) is 6.04 Å². The fraction of sp³-hybridized carbons (Fsp3) is 0.667. The van der Waals surface area contributed by atoms with E-state index < -0.39 is 0 Å². The third-order valence-electron chi connectivity index (χ3n) is 1.86.